The first-order valence-corrected chi connectivity index (χ1v) is 9.55. The molecule has 0 saturated heterocycles. The topological polar surface area (TPSA) is 84.2 Å². The van der Waals surface area contributed by atoms with Crippen molar-refractivity contribution in [2.45, 2.75) is 31.3 Å². The molecule has 2 unspecified atom stereocenters. The van der Waals surface area contributed by atoms with Gasteiger partial charge in [0.05, 0.1) is 23.0 Å². The van der Waals surface area contributed by atoms with Crippen LogP contribution in [-0.4, -0.2) is 24.4 Å². The second-order valence-corrected chi connectivity index (χ2v) is 7.33. The third-order valence-electron chi connectivity index (χ3n) is 4.78. The van der Waals surface area contributed by atoms with Crippen molar-refractivity contribution >= 4 is 23.4 Å². The molecule has 0 spiro atoms. The summed E-state index contributed by atoms with van der Waals surface area (Å²) in [7, 11) is 0. The molecule has 2 atom stereocenters. The summed E-state index contributed by atoms with van der Waals surface area (Å²) >= 11 is 6.12. The van der Waals surface area contributed by atoms with Crippen LogP contribution in [0.1, 0.15) is 41.2 Å². The Bertz CT molecular complexity index is 793. The molecule has 2 amide bonds. The average molecular weight is 386 g/mol. The van der Waals surface area contributed by atoms with Gasteiger partial charge in [-0.05, 0) is 36.5 Å². The Labute approximate surface area is 164 Å². The molecule has 5 nitrogen and oxygen atoms in total. The summed E-state index contributed by atoms with van der Waals surface area (Å²) in [6, 6.07) is 15.8. The van der Waals surface area contributed by atoms with Crippen molar-refractivity contribution in [3.8, 4) is 0 Å². The van der Waals surface area contributed by atoms with E-state index in [2.05, 4.69) is 10.6 Å². The Balaban J connectivity index is 1.66. The van der Waals surface area contributed by atoms with Gasteiger partial charge in [0.2, 0.25) is 5.91 Å². The lowest BCUT2D eigenvalue weighted by atomic mass is 10.0. The van der Waals surface area contributed by atoms with Crippen molar-refractivity contribution in [2.24, 2.45) is 11.7 Å². The van der Waals surface area contributed by atoms with E-state index in [0.717, 1.165) is 18.4 Å². The van der Waals surface area contributed by atoms with E-state index >= 15 is 0 Å². The number of rotatable bonds is 8. The number of amides is 2. The lowest BCUT2D eigenvalue weighted by Crippen LogP contribution is -2.40. The van der Waals surface area contributed by atoms with E-state index in [1.807, 2.05) is 30.3 Å². The van der Waals surface area contributed by atoms with E-state index < -0.39 is 6.04 Å². The number of carbonyl (C=O) groups is 2. The summed E-state index contributed by atoms with van der Waals surface area (Å²) in [5, 5.41) is 6.19. The molecule has 27 heavy (non-hydrogen) atoms. The molecule has 0 bridgehead atoms. The molecule has 0 heterocycles. The van der Waals surface area contributed by atoms with Crippen LogP contribution in [0.25, 0.3) is 0 Å². The summed E-state index contributed by atoms with van der Waals surface area (Å²) < 4.78 is 0. The number of hydrogen-bond donors (Lipinski definition) is 3. The fraction of sp³-hybridized carbons (Fsp3) is 0.333. The zero-order chi connectivity index (χ0) is 19.2. The lowest BCUT2D eigenvalue weighted by Gasteiger charge is -2.20. The Morgan fingerprint density at radius 1 is 1.07 bits per heavy atom. The van der Waals surface area contributed by atoms with Gasteiger partial charge in [0.15, 0.2) is 0 Å². The fourth-order valence-electron chi connectivity index (χ4n) is 3.00. The third-order valence-corrected chi connectivity index (χ3v) is 5.11. The van der Waals surface area contributed by atoms with Gasteiger partial charge in [0, 0.05) is 12.6 Å². The van der Waals surface area contributed by atoms with Gasteiger partial charge in [-0.2, -0.15) is 0 Å². The number of halogens is 1. The van der Waals surface area contributed by atoms with Crippen LogP contribution in [0.3, 0.4) is 0 Å². The second-order valence-electron chi connectivity index (χ2n) is 6.93. The highest BCUT2D eigenvalue weighted by Crippen LogP contribution is 2.31. The highest BCUT2D eigenvalue weighted by atomic mass is 35.5. The van der Waals surface area contributed by atoms with Gasteiger partial charge in [0.25, 0.3) is 5.91 Å². The summed E-state index contributed by atoms with van der Waals surface area (Å²) in [4.78, 5) is 25.1. The Morgan fingerprint density at radius 3 is 2.41 bits per heavy atom. The minimum Gasteiger partial charge on any atom is -0.354 e. The Kier molecular flexibility index (Phi) is 6.48. The average Bonchev–Trinajstić information content (AvgIpc) is 3.52. The maximum absolute atomic E-state index is 12.6. The van der Waals surface area contributed by atoms with E-state index in [1.165, 1.54) is 0 Å². The molecule has 3 rings (SSSR count). The van der Waals surface area contributed by atoms with Crippen LogP contribution in [-0.2, 0) is 4.79 Å². The van der Waals surface area contributed by atoms with Gasteiger partial charge in [-0.25, -0.2) is 0 Å². The van der Waals surface area contributed by atoms with Gasteiger partial charge in [-0.1, -0.05) is 54.1 Å². The number of nitrogens with two attached hydrogens (primary N) is 1. The Morgan fingerprint density at radius 2 is 1.74 bits per heavy atom. The van der Waals surface area contributed by atoms with Gasteiger partial charge in [0.1, 0.15) is 0 Å². The van der Waals surface area contributed by atoms with Crippen molar-refractivity contribution in [2.75, 3.05) is 6.54 Å². The standard InChI is InChI=1S/C21H24ClN3O2/c22-17-9-5-4-8-16(17)21(27)25-19(15-6-2-1-3-7-15)12-20(26)24-13-18(23)14-10-11-14/h1-9,14,18-19H,10-13,23H2,(H,24,26)(H,25,27). The van der Waals surface area contributed by atoms with Crippen molar-refractivity contribution in [1.29, 1.82) is 0 Å². The molecule has 1 aliphatic carbocycles. The summed E-state index contributed by atoms with van der Waals surface area (Å²) in [6.45, 7) is 0.462. The fourth-order valence-corrected chi connectivity index (χ4v) is 3.22. The number of carbonyl (C=O) groups excluding carboxylic acids is 2. The molecular weight excluding hydrogens is 362 g/mol. The van der Waals surface area contributed by atoms with E-state index in [4.69, 9.17) is 17.3 Å². The van der Waals surface area contributed by atoms with E-state index in [9.17, 15) is 9.59 Å². The number of nitrogens with one attached hydrogen (secondary N) is 2. The number of benzene rings is 2. The molecule has 1 aliphatic rings. The van der Waals surface area contributed by atoms with Crippen LogP contribution in [0.2, 0.25) is 5.02 Å². The lowest BCUT2D eigenvalue weighted by molar-refractivity contribution is -0.121. The van der Waals surface area contributed by atoms with Gasteiger partial charge < -0.3 is 16.4 Å². The molecular formula is C21H24ClN3O2. The van der Waals surface area contributed by atoms with Crippen LogP contribution < -0.4 is 16.4 Å². The van der Waals surface area contributed by atoms with Gasteiger partial charge in [-0.15, -0.1) is 0 Å². The van der Waals surface area contributed by atoms with Crippen LogP contribution in [0.4, 0.5) is 0 Å². The SMILES string of the molecule is NC(CNC(=O)CC(NC(=O)c1ccccc1Cl)c1ccccc1)C1CC1. The van der Waals surface area contributed by atoms with Crippen molar-refractivity contribution < 1.29 is 9.59 Å². The molecule has 1 saturated carbocycles. The van der Waals surface area contributed by atoms with Crippen LogP contribution in [0.15, 0.2) is 54.6 Å². The smallest absolute Gasteiger partial charge is 0.253 e. The maximum Gasteiger partial charge on any atom is 0.253 e. The van der Waals surface area contributed by atoms with E-state index in [0.29, 0.717) is 23.0 Å². The van der Waals surface area contributed by atoms with Crippen LogP contribution in [0.5, 0.6) is 0 Å². The quantitative estimate of drug-likeness (QED) is 0.653. The molecule has 2 aromatic rings. The third kappa shape index (κ3) is 5.55. The predicted molar refractivity (Wildman–Crippen MR) is 106 cm³/mol. The number of hydrogen-bond acceptors (Lipinski definition) is 3. The van der Waals surface area contributed by atoms with Crippen molar-refractivity contribution in [1.82, 2.24) is 10.6 Å². The first-order valence-electron chi connectivity index (χ1n) is 9.17. The molecule has 2 aromatic carbocycles. The van der Waals surface area contributed by atoms with E-state index in [1.54, 1.807) is 24.3 Å². The minimum absolute atomic E-state index is 0.00171. The maximum atomic E-state index is 12.6. The molecule has 0 radical (unpaired) electrons. The molecule has 0 aliphatic heterocycles. The highest BCUT2D eigenvalue weighted by molar-refractivity contribution is 6.33. The van der Waals surface area contributed by atoms with Crippen LogP contribution >= 0.6 is 11.6 Å². The largest absolute Gasteiger partial charge is 0.354 e. The second kappa shape index (κ2) is 9.02. The van der Waals surface area contributed by atoms with Gasteiger partial charge >= 0.3 is 0 Å². The van der Waals surface area contributed by atoms with Crippen LogP contribution in [0, 0.1) is 5.92 Å². The Hall–Kier alpha value is -2.37. The molecule has 6 heteroatoms. The predicted octanol–water partition coefficient (Wildman–Crippen LogP) is 3.05. The zero-order valence-corrected chi connectivity index (χ0v) is 15.8. The highest BCUT2D eigenvalue weighted by Gasteiger charge is 2.28. The zero-order valence-electron chi connectivity index (χ0n) is 15.0. The van der Waals surface area contributed by atoms with E-state index in [-0.39, 0.29) is 24.3 Å². The minimum atomic E-state index is -0.452. The van der Waals surface area contributed by atoms with Gasteiger partial charge in [-0.3, -0.25) is 9.59 Å². The molecule has 0 aromatic heterocycles. The van der Waals surface area contributed by atoms with Crippen molar-refractivity contribution in [3.63, 3.8) is 0 Å². The van der Waals surface area contributed by atoms with Crippen molar-refractivity contribution in [3.05, 3.63) is 70.7 Å². The molecule has 4 N–H and O–H groups in total. The monoisotopic (exact) mass is 385 g/mol. The molecule has 142 valence electrons. The first kappa shape index (κ1) is 19.4. The summed E-state index contributed by atoms with van der Waals surface area (Å²) in [5.41, 5.74) is 7.29. The summed E-state index contributed by atoms with van der Waals surface area (Å²) in [6.07, 6.45) is 2.41. The summed E-state index contributed by atoms with van der Waals surface area (Å²) in [5.74, 6) is 0.0755. The normalized spacial score (nSPS) is 15.6. The first-order chi connectivity index (χ1) is 13.0. The molecule has 1 fully saturated rings.